The SMILES string of the molecule is [2H]c1c([2H])c([2H])c(-c2c3c([2H])c([2H])c([2H])c([2H])c3c(-c3c([2H])c([2H])c([2H])c(-c4ccc5oc6cccc(-c7ccccc7)c6c5c4)c3[2H])c3c([2H])c([2H])c([2H])c([2H])c23)c([2H])c1[2H]. The first-order chi connectivity index (χ1) is 29.4. The van der Waals surface area contributed by atoms with Gasteiger partial charge in [0, 0.05) is 10.8 Å². The molecule has 0 bridgehead atoms. The van der Waals surface area contributed by atoms with Crippen molar-refractivity contribution in [1.29, 1.82) is 0 Å². The predicted molar refractivity (Wildman–Crippen MR) is 190 cm³/mol. The van der Waals surface area contributed by atoms with Gasteiger partial charge in [-0.2, -0.15) is 0 Å². The molecule has 0 saturated heterocycles. The summed E-state index contributed by atoms with van der Waals surface area (Å²) in [5.74, 6) is 0. The number of fused-ring (bicyclic) bond motifs is 5. The van der Waals surface area contributed by atoms with E-state index >= 15 is 0 Å². The summed E-state index contributed by atoms with van der Waals surface area (Å²) in [5, 5.41) is -0.689. The first kappa shape index (κ1) is 13.8. The largest absolute Gasteiger partial charge is 0.456 e. The van der Waals surface area contributed by atoms with E-state index in [1.165, 1.54) is 0 Å². The Morgan fingerprint density at radius 3 is 1.73 bits per heavy atom. The lowest BCUT2D eigenvalue weighted by molar-refractivity contribution is 0.669. The highest BCUT2D eigenvalue weighted by Crippen LogP contribution is 2.44. The van der Waals surface area contributed by atoms with Crippen LogP contribution in [-0.4, -0.2) is 0 Å². The smallest absolute Gasteiger partial charge is 0.136 e. The minimum Gasteiger partial charge on any atom is -0.456 e. The normalized spacial score (nSPS) is 16.8. The van der Waals surface area contributed by atoms with Crippen molar-refractivity contribution in [1.82, 2.24) is 0 Å². The number of hydrogen-bond acceptors (Lipinski definition) is 1. The summed E-state index contributed by atoms with van der Waals surface area (Å²) in [7, 11) is 0. The summed E-state index contributed by atoms with van der Waals surface area (Å²) in [4.78, 5) is 0. The number of hydrogen-bond donors (Lipinski definition) is 0. The zero-order chi connectivity index (χ0) is 44.5. The molecular weight excluding hydrogens is 544 g/mol. The van der Waals surface area contributed by atoms with Crippen LogP contribution in [0, 0.1) is 0 Å². The predicted octanol–water partition coefficient (Wildman–Crippen LogP) is 12.6. The standard InChI is InChI=1S/C44H28O/c1-3-13-29(14-4-1)34-23-12-24-41-44(34)39-28-32(25-26-40(39)45-41)31-17-11-18-33(27-31)43-37-21-9-7-19-35(37)42(30-15-5-2-6-16-30)36-20-8-10-22-38(36)43/h1-28H/i2D,5D,6D,7D,8D,9D,10D,11D,15D,16D,17D,18D,19D,20D,21D,22D,27D. The third-order valence-corrected chi connectivity index (χ3v) is 7.87. The number of benzene rings is 8. The second-order valence-corrected chi connectivity index (χ2v) is 10.4. The fourth-order valence-corrected chi connectivity index (χ4v) is 5.95. The molecule has 0 radical (unpaired) electrons. The molecule has 45 heavy (non-hydrogen) atoms. The topological polar surface area (TPSA) is 13.1 Å². The lowest BCUT2D eigenvalue weighted by Crippen LogP contribution is -1.91. The van der Waals surface area contributed by atoms with Crippen LogP contribution in [0.25, 0.3) is 88.0 Å². The van der Waals surface area contributed by atoms with E-state index < -0.39 is 147 Å². The maximum atomic E-state index is 9.81. The summed E-state index contributed by atoms with van der Waals surface area (Å²) in [6, 6.07) is 6.94. The van der Waals surface area contributed by atoms with Crippen LogP contribution in [0.1, 0.15) is 23.3 Å². The molecule has 0 N–H and O–H groups in total. The fourth-order valence-electron chi connectivity index (χ4n) is 5.95. The van der Waals surface area contributed by atoms with E-state index in [1.807, 2.05) is 42.5 Å². The van der Waals surface area contributed by atoms with Crippen molar-refractivity contribution in [3.63, 3.8) is 0 Å². The van der Waals surface area contributed by atoms with Crippen LogP contribution in [0.2, 0.25) is 0 Å². The van der Waals surface area contributed by atoms with Crippen LogP contribution in [0.15, 0.2) is 174 Å². The van der Waals surface area contributed by atoms with Gasteiger partial charge >= 0.3 is 0 Å². The van der Waals surface area contributed by atoms with Crippen molar-refractivity contribution in [2.45, 2.75) is 0 Å². The first-order valence-corrected chi connectivity index (χ1v) is 14.1. The van der Waals surface area contributed by atoms with E-state index in [2.05, 4.69) is 0 Å². The zero-order valence-corrected chi connectivity index (χ0v) is 23.3. The molecule has 0 unspecified atom stereocenters. The van der Waals surface area contributed by atoms with Crippen molar-refractivity contribution < 1.29 is 27.7 Å². The molecule has 0 aliphatic rings. The maximum absolute atomic E-state index is 9.81. The van der Waals surface area contributed by atoms with Gasteiger partial charge in [0.15, 0.2) is 0 Å². The highest BCUT2D eigenvalue weighted by molar-refractivity contribution is 6.21. The Balaban J connectivity index is 1.50. The third kappa shape index (κ3) is 4.17. The first-order valence-electron chi connectivity index (χ1n) is 22.6. The molecule has 9 aromatic rings. The van der Waals surface area contributed by atoms with Crippen molar-refractivity contribution in [2.75, 3.05) is 0 Å². The van der Waals surface area contributed by atoms with Crippen molar-refractivity contribution in [3.8, 4) is 44.5 Å². The summed E-state index contributed by atoms with van der Waals surface area (Å²) in [5.41, 5.74) is 0.736. The minimum atomic E-state index is -0.821. The Morgan fingerprint density at radius 1 is 0.400 bits per heavy atom. The summed E-state index contributed by atoms with van der Waals surface area (Å²) in [6.07, 6.45) is 0. The van der Waals surface area contributed by atoms with Gasteiger partial charge in [-0.25, -0.2) is 0 Å². The van der Waals surface area contributed by atoms with Crippen LogP contribution in [0.5, 0.6) is 0 Å². The molecule has 0 aliphatic carbocycles. The van der Waals surface area contributed by atoms with Gasteiger partial charge in [0.2, 0.25) is 0 Å². The third-order valence-electron chi connectivity index (χ3n) is 7.87. The van der Waals surface area contributed by atoms with E-state index in [1.54, 1.807) is 24.3 Å². The molecule has 0 spiro atoms. The summed E-state index contributed by atoms with van der Waals surface area (Å²) in [6.45, 7) is 0. The van der Waals surface area contributed by atoms with Gasteiger partial charge in [-0.15, -0.1) is 0 Å². The molecule has 210 valence electrons. The molecule has 1 nitrogen and oxygen atoms in total. The summed E-state index contributed by atoms with van der Waals surface area (Å²) < 4.78 is 159. The van der Waals surface area contributed by atoms with Crippen molar-refractivity contribution >= 4 is 43.5 Å². The fraction of sp³-hybridized carbons (Fsp3) is 0. The van der Waals surface area contributed by atoms with Gasteiger partial charge in [0.05, 0.1) is 23.3 Å². The Bertz CT molecular complexity index is 3380. The highest BCUT2D eigenvalue weighted by Gasteiger charge is 2.17. The summed E-state index contributed by atoms with van der Waals surface area (Å²) >= 11 is 0. The Hall–Kier alpha value is -5.92. The molecule has 0 atom stereocenters. The Kier molecular flexibility index (Phi) is 3.18. The van der Waals surface area contributed by atoms with Gasteiger partial charge in [-0.1, -0.05) is 145 Å². The van der Waals surface area contributed by atoms with Crippen LogP contribution in [0.4, 0.5) is 0 Å². The lowest BCUT2D eigenvalue weighted by atomic mass is 9.85. The molecular formula is C44H28O. The molecule has 1 aromatic heterocycles. The number of rotatable bonds is 4. The van der Waals surface area contributed by atoms with E-state index in [4.69, 9.17) is 19.5 Å². The molecule has 0 amide bonds. The second kappa shape index (κ2) is 10.4. The molecule has 0 fully saturated rings. The molecule has 9 rings (SSSR count). The molecule has 1 heteroatoms. The van der Waals surface area contributed by atoms with Crippen molar-refractivity contribution in [2.24, 2.45) is 0 Å². The van der Waals surface area contributed by atoms with Crippen molar-refractivity contribution in [3.05, 3.63) is 169 Å². The van der Waals surface area contributed by atoms with Gasteiger partial charge in [-0.3, -0.25) is 0 Å². The van der Waals surface area contributed by atoms with Gasteiger partial charge in [-0.05, 0) is 90.3 Å². The average molecular weight is 590 g/mol. The molecule has 0 saturated carbocycles. The minimum absolute atomic E-state index is 0.174. The van der Waals surface area contributed by atoms with Crippen LogP contribution < -0.4 is 0 Å². The Labute approximate surface area is 285 Å². The van der Waals surface area contributed by atoms with E-state index in [9.17, 15) is 8.22 Å². The van der Waals surface area contributed by atoms with E-state index in [0.717, 1.165) is 16.5 Å². The maximum Gasteiger partial charge on any atom is 0.136 e. The van der Waals surface area contributed by atoms with Crippen LogP contribution in [0.3, 0.4) is 0 Å². The molecule has 8 aromatic carbocycles. The van der Waals surface area contributed by atoms with E-state index in [-0.39, 0.29) is 11.1 Å². The van der Waals surface area contributed by atoms with Gasteiger partial charge in [0.1, 0.15) is 11.2 Å². The molecule has 1 heterocycles. The second-order valence-electron chi connectivity index (χ2n) is 10.4. The van der Waals surface area contributed by atoms with Crippen LogP contribution >= 0.6 is 0 Å². The number of furan rings is 1. The average Bonchev–Trinajstić information content (AvgIpc) is 3.65. The lowest BCUT2D eigenvalue weighted by Gasteiger charge is -2.18. The van der Waals surface area contributed by atoms with E-state index in [0.29, 0.717) is 16.6 Å². The van der Waals surface area contributed by atoms with Crippen LogP contribution in [-0.2, 0) is 0 Å². The Morgan fingerprint density at radius 2 is 1.02 bits per heavy atom. The quantitative estimate of drug-likeness (QED) is 0.186. The monoisotopic (exact) mass is 589 g/mol. The van der Waals surface area contributed by atoms with Gasteiger partial charge < -0.3 is 4.42 Å². The molecule has 0 aliphatic heterocycles. The van der Waals surface area contributed by atoms with Gasteiger partial charge in [0.25, 0.3) is 0 Å². The highest BCUT2D eigenvalue weighted by atomic mass is 16.3. The zero-order valence-electron chi connectivity index (χ0n) is 40.3.